The Hall–Kier alpha value is -1.71. The van der Waals surface area contributed by atoms with E-state index in [9.17, 15) is 4.79 Å². The summed E-state index contributed by atoms with van der Waals surface area (Å²) in [4.78, 5) is 15.3. The van der Waals surface area contributed by atoms with Crippen molar-refractivity contribution in [2.45, 2.75) is 49.8 Å². The van der Waals surface area contributed by atoms with E-state index in [1.165, 1.54) is 0 Å². The van der Waals surface area contributed by atoms with Crippen LogP contribution in [0, 0.1) is 11.3 Å². The average molecular weight is 349 g/mol. The fourth-order valence-corrected chi connectivity index (χ4v) is 3.10. The van der Waals surface area contributed by atoms with E-state index in [2.05, 4.69) is 42.5 Å². The van der Waals surface area contributed by atoms with Crippen LogP contribution in [0.2, 0.25) is 0 Å². The van der Waals surface area contributed by atoms with E-state index in [1.807, 2.05) is 31.2 Å². The number of hydrogen-bond acceptors (Lipinski definition) is 4. The monoisotopic (exact) mass is 348 g/mol. The van der Waals surface area contributed by atoms with Gasteiger partial charge in [0.1, 0.15) is 0 Å². The quantitative estimate of drug-likeness (QED) is 0.664. The summed E-state index contributed by atoms with van der Waals surface area (Å²) < 4.78 is 0. The van der Waals surface area contributed by atoms with Gasteiger partial charge in [-0.3, -0.25) is 0 Å². The molecular formula is C18H28N4OS. The summed E-state index contributed by atoms with van der Waals surface area (Å²) in [6.45, 7) is 7.76. The molecule has 0 saturated carbocycles. The van der Waals surface area contributed by atoms with Gasteiger partial charge in [0, 0.05) is 35.7 Å². The normalized spacial score (nSPS) is 13.2. The van der Waals surface area contributed by atoms with Crippen LogP contribution >= 0.6 is 11.8 Å². The molecule has 24 heavy (non-hydrogen) atoms. The molecule has 6 heteroatoms. The number of nitrogens with one attached hydrogen (secondary N) is 2. The van der Waals surface area contributed by atoms with Crippen molar-refractivity contribution in [3.63, 3.8) is 0 Å². The van der Waals surface area contributed by atoms with Crippen LogP contribution in [0.15, 0.2) is 29.2 Å². The largest absolute Gasteiger partial charge is 0.337 e. The summed E-state index contributed by atoms with van der Waals surface area (Å²) in [5, 5.41) is 14.8. The lowest BCUT2D eigenvalue weighted by atomic mass is 10.2. The lowest BCUT2D eigenvalue weighted by Crippen LogP contribution is -2.38. The zero-order valence-electron chi connectivity index (χ0n) is 15.0. The topological polar surface area (TPSA) is 68.2 Å². The first-order valence-electron chi connectivity index (χ1n) is 8.35. The Morgan fingerprint density at radius 1 is 1.38 bits per heavy atom. The maximum absolute atomic E-state index is 12.1. The number of hydrogen-bond donors (Lipinski definition) is 2. The van der Waals surface area contributed by atoms with Crippen LogP contribution in [-0.4, -0.2) is 42.4 Å². The molecule has 2 N–H and O–H groups in total. The number of carbonyl (C=O) groups excluding carboxylic acids is 1. The Labute approximate surface area is 149 Å². The minimum Gasteiger partial charge on any atom is -0.337 e. The third-order valence-electron chi connectivity index (χ3n) is 3.94. The van der Waals surface area contributed by atoms with Crippen LogP contribution in [0.4, 0.5) is 10.5 Å². The molecule has 0 heterocycles. The zero-order chi connectivity index (χ0) is 17.9. The third kappa shape index (κ3) is 7.24. The SMILES string of the molecule is CC[C@@H](C)N(C)CCNC(=O)Nc1ccccc1S[C@H](C)CC#N. The van der Waals surface area contributed by atoms with Crippen molar-refractivity contribution in [3.8, 4) is 6.07 Å². The first-order chi connectivity index (χ1) is 11.5. The maximum Gasteiger partial charge on any atom is 0.319 e. The van der Waals surface area contributed by atoms with Crippen molar-refractivity contribution < 1.29 is 4.79 Å². The number of likely N-dealkylation sites (N-methyl/N-ethyl adjacent to an activating group) is 1. The molecule has 132 valence electrons. The van der Waals surface area contributed by atoms with Gasteiger partial charge in [-0.05, 0) is 32.5 Å². The molecule has 0 saturated heterocycles. The van der Waals surface area contributed by atoms with Crippen molar-refractivity contribution in [3.05, 3.63) is 24.3 Å². The molecule has 2 amide bonds. The minimum absolute atomic E-state index is 0.185. The number of rotatable bonds is 9. The van der Waals surface area contributed by atoms with Crippen molar-refractivity contribution in [1.29, 1.82) is 5.26 Å². The second-order valence-electron chi connectivity index (χ2n) is 5.91. The smallest absolute Gasteiger partial charge is 0.319 e. The Morgan fingerprint density at radius 3 is 2.75 bits per heavy atom. The number of amides is 2. The van der Waals surface area contributed by atoms with E-state index in [0.717, 1.165) is 23.5 Å². The number of anilines is 1. The summed E-state index contributed by atoms with van der Waals surface area (Å²) in [7, 11) is 2.07. The van der Waals surface area contributed by atoms with Gasteiger partial charge in [-0.15, -0.1) is 11.8 Å². The molecule has 0 bridgehead atoms. The van der Waals surface area contributed by atoms with Crippen LogP contribution in [0.25, 0.3) is 0 Å². The van der Waals surface area contributed by atoms with E-state index < -0.39 is 0 Å². The van der Waals surface area contributed by atoms with Gasteiger partial charge in [0.25, 0.3) is 0 Å². The number of para-hydroxylation sites is 1. The van der Waals surface area contributed by atoms with Crippen molar-refractivity contribution in [2.75, 3.05) is 25.5 Å². The summed E-state index contributed by atoms with van der Waals surface area (Å²) >= 11 is 1.60. The molecule has 0 aliphatic heterocycles. The summed E-state index contributed by atoms with van der Waals surface area (Å²) in [5.74, 6) is 0. The number of benzene rings is 1. The first kappa shape index (κ1) is 20.3. The van der Waals surface area contributed by atoms with Crippen molar-refractivity contribution >= 4 is 23.5 Å². The number of nitrogens with zero attached hydrogens (tertiary/aromatic N) is 2. The molecule has 0 aliphatic rings. The van der Waals surface area contributed by atoms with Gasteiger partial charge < -0.3 is 15.5 Å². The van der Waals surface area contributed by atoms with E-state index in [1.54, 1.807) is 11.8 Å². The highest BCUT2D eigenvalue weighted by Crippen LogP contribution is 2.31. The third-order valence-corrected chi connectivity index (χ3v) is 5.11. The van der Waals surface area contributed by atoms with E-state index in [-0.39, 0.29) is 11.3 Å². The molecule has 1 aromatic carbocycles. The summed E-state index contributed by atoms with van der Waals surface area (Å²) in [6, 6.07) is 10.2. The van der Waals surface area contributed by atoms with Gasteiger partial charge in [0.2, 0.25) is 0 Å². The van der Waals surface area contributed by atoms with Gasteiger partial charge >= 0.3 is 6.03 Å². The average Bonchev–Trinajstić information content (AvgIpc) is 2.56. The van der Waals surface area contributed by atoms with Crippen LogP contribution in [0.1, 0.15) is 33.6 Å². The highest BCUT2D eigenvalue weighted by Gasteiger charge is 2.11. The molecule has 2 atom stereocenters. The second-order valence-corrected chi connectivity index (χ2v) is 7.39. The van der Waals surface area contributed by atoms with Gasteiger partial charge in [-0.25, -0.2) is 4.79 Å². The Kier molecular flexibility index (Phi) is 9.28. The fraction of sp³-hybridized carbons (Fsp3) is 0.556. The van der Waals surface area contributed by atoms with E-state index in [0.29, 0.717) is 19.0 Å². The van der Waals surface area contributed by atoms with E-state index >= 15 is 0 Å². The molecule has 0 spiro atoms. The van der Waals surface area contributed by atoms with E-state index in [4.69, 9.17) is 5.26 Å². The molecule has 1 aromatic rings. The second kappa shape index (κ2) is 11.0. The lowest BCUT2D eigenvalue weighted by molar-refractivity contribution is 0.238. The number of nitriles is 1. The van der Waals surface area contributed by atoms with Crippen molar-refractivity contribution in [1.82, 2.24) is 10.2 Å². The molecule has 0 unspecified atom stereocenters. The predicted molar refractivity (Wildman–Crippen MR) is 101 cm³/mol. The van der Waals surface area contributed by atoms with Crippen LogP contribution < -0.4 is 10.6 Å². The Bertz CT molecular complexity index is 558. The zero-order valence-corrected chi connectivity index (χ0v) is 15.8. The highest BCUT2D eigenvalue weighted by atomic mass is 32.2. The number of carbonyl (C=O) groups is 1. The maximum atomic E-state index is 12.1. The molecule has 0 fully saturated rings. The summed E-state index contributed by atoms with van der Waals surface area (Å²) in [6.07, 6.45) is 1.57. The fourth-order valence-electron chi connectivity index (χ4n) is 2.10. The van der Waals surface area contributed by atoms with Crippen LogP contribution in [0.3, 0.4) is 0 Å². The van der Waals surface area contributed by atoms with Gasteiger partial charge in [0.05, 0.1) is 11.8 Å². The van der Waals surface area contributed by atoms with Crippen LogP contribution in [-0.2, 0) is 0 Å². The molecule has 0 aromatic heterocycles. The van der Waals surface area contributed by atoms with Gasteiger partial charge in [-0.1, -0.05) is 26.0 Å². The highest BCUT2D eigenvalue weighted by molar-refractivity contribution is 8.00. The molecular weight excluding hydrogens is 320 g/mol. The number of thioether (sulfide) groups is 1. The molecule has 5 nitrogen and oxygen atoms in total. The standard InChI is InChI=1S/C18H28N4OS/c1-5-14(2)22(4)13-12-20-18(23)21-16-8-6-7-9-17(16)24-15(3)10-11-19/h6-9,14-15H,5,10,12-13H2,1-4H3,(H2,20,21,23)/t14-,15-/m1/s1. The Balaban J connectivity index is 2.51. The van der Waals surface area contributed by atoms with Crippen molar-refractivity contribution in [2.24, 2.45) is 0 Å². The van der Waals surface area contributed by atoms with Crippen LogP contribution in [0.5, 0.6) is 0 Å². The predicted octanol–water partition coefficient (Wildman–Crippen LogP) is 3.93. The lowest BCUT2D eigenvalue weighted by Gasteiger charge is -2.23. The number of urea groups is 1. The van der Waals surface area contributed by atoms with Gasteiger partial charge in [-0.2, -0.15) is 5.26 Å². The summed E-state index contributed by atoms with van der Waals surface area (Å²) in [5.41, 5.74) is 0.778. The minimum atomic E-state index is -0.200. The first-order valence-corrected chi connectivity index (χ1v) is 9.23. The molecule has 1 rings (SSSR count). The molecule has 0 aliphatic carbocycles. The van der Waals surface area contributed by atoms with Gasteiger partial charge in [0.15, 0.2) is 0 Å². The molecule has 0 radical (unpaired) electrons. The Morgan fingerprint density at radius 2 is 2.08 bits per heavy atom.